The summed E-state index contributed by atoms with van der Waals surface area (Å²) in [5.74, 6) is 0. The third kappa shape index (κ3) is 6.56. The average molecular weight is 286 g/mol. The molecule has 0 aliphatic rings. The molecule has 2 nitrogen and oxygen atoms in total. The van der Waals surface area contributed by atoms with Crippen molar-refractivity contribution in [3.05, 3.63) is 35.9 Å². The number of halogens is 3. The first-order chi connectivity index (χ1) is 7.18. The van der Waals surface area contributed by atoms with E-state index >= 15 is 0 Å². The lowest BCUT2D eigenvalue weighted by Gasteiger charge is -2.25. The quantitative estimate of drug-likeness (QED) is 0.777. The maximum atomic E-state index is 8.96. The van der Waals surface area contributed by atoms with Crippen LogP contribution in [0.2, 0.25) is 0 Å². The van der Waals surface area contributed by atoms with Crippen LogP contribution < -0.4 is 0 Å². The van der Waals surface area contributed by atoms with E-state index in [1.807, 2.05) is 30.3 Å². The highest BCUT2D eigenvalue weighted by Gasteiger charge is 2.38. The minimum absolute atomic E-state index is 0.140. The van der Waals surface area contributed by atoms with Crippen molar-refractivity contribution in [2.45, 2.75) is 29.8 Å². The summed E-state index contributed by atoms with van der Waals surface area (Å²) in [4.78, 5) is 0. The van der Waals surface area contributed by atoms with Crippen molar-refractivity contribution >= 4 is 34.8 Å². The predicted octanol–water partition coefficient (Wildman–Crippen LogP) is 3.31. The molecule has 0 unspecified atom stereocenters. The first-order valence-electron chi connectivity index (χ1n) is 4.62. The second-order valence-corrected chi connectivity index (χ2v) is 5.98. The van der Waals surface area contributed by atoms with Crippen molar-refractivity contribution in [1.29, 1.82) is 0 Å². The summed E-state index contributed by atoms with van der Waals surface area (Å²) >= 11 is 15.9. The summed E-state index contributed by atoms with van der Waals surface area (Å²) in [6, 6.07) is 9.52. The summed E-state index contributed by atoms with van der Waals surface area (Å²) < 4.78 is -1.59. The molecule has 0 atom stereocenters. The Bertz CT molecular complexity index is 276. The molecule has 0 aromatic heterocycles. The summed E-state index contributed by atoms with van der Waals surface area (Å²) in [7, 11) is 0. The highest BCUT2D eigenvalue weighted by Crippen LogP contribution is 2.37. The molecular formula is C11H15Cl3O2. The zero-order chi connectivity index (χ0) is 12.8. The lowest BCUT2D eigenvalue weighted by atomic mass is 10.2. The van der Waals surface area contributed by atoms with Crippen molar-refractivity contribution in [2.75, 3.05) is 0 Å². The first-order valence-corrected chi connectivity index (χ1v) is 5.75. The first kappa shape index (κ1) is 16.0. The largest absolute Gasteiger partial charge is 0.392 e. The molecule has 0 bridgehead atoms. The van der Waals surface area contributed by atoms with Gasteiger partial charge < -0.3 is 10.2 Å². The maximum absolute atomic E-state index is 8.96. The number of aliphatic hydroxyl groups excluding tert-OH is 1. The van der Waals surface area contributed by atoms with E-state index in [-0.39, 0.29) is 6.61 Å². The van der Waals surface area contributed by atoms with E-state index in [9.17, 15) is 0 Å². The van der Waals surface area contributed by atoms with Crippen molar-refractivity contribution in [3.63, 3.8) is 0 Å². The van der Waals surface area contributed by atoms with Crippen LogP contribution in [0.1, 0.15) is 19.4 Å². The number of alkyl halides is 3. The molecule has 0 heterocycles. The van der Waals surface area contributed by atoms with Crippen LogP contribution in [0.5, 0.6) is 0 Å². The fraction of sp³-hybridized carbons (Fsp3) is 0.455. The fourth-order valence-electron chi connectivity index (χ4n) is 0.583. The third-order valence-corrected chi connectivity index (χ3v) is 3.11. The van der Waals surface area contributed by atoms with Gasteiger partial charge in [-0.3, -0.25) is 0 Å². The third-order valence-electron chi connectivity index (χ3n) is 1.72. The van der Waals surface area contributed by atoms with Gasteiger partial charge >= 0.3 is 0 Å². The molecule has 0 spiro atoms. The van der Waals surface area contributed by atoms with E-state index in [2.05, 4.69) is 0 Å². The molecule has 0 aliphatic carbocycles. The number of hydrogen-bond acceptors (Lipinski definition) is 2. The molecule has 16 heavy (non-hydrogen) atoms. The number of rotatable bonds is 1. The SMILES string of the molecule is CC(C)(O)C(Cl)(Cl)Cl.OCc1ccccc1. The van der Waals surface area contributed by atoms with Crippen LogP contribution in [0.3, 0.4) is 0 Å². The Morgan fingerprint density at radius 1 is 1.06 bits per heavy atom. The number of hydrogen-bond donors (Lipinski definition) is 2. The van der Waals surface area contributed by atoms with Crippen molar-refractivity contribution < 1.29 is 10.2 Å². The maximum Gasteiger partial charge on any atom is 0.218 e. The van der Waals surface area contributed by atoms with E-state index in [1.165, 1.54) is 13.8 Å². The van der Waals surface area contributed by atoms with Gasteiger partial charge in [0.2, 0.25) is 3.79 Å². The van der Waals surface area contributed by atoms with Gasteiger partial charge in [0.05, 0.1) is 6.61 Å². The lowest BCUT2D eigenvalue weighted by Crippen LogP contribution is -2.35. The molecule has 0 saturated carbocycles. The van der Waals surface area contributed by atoms with E-state index < -0.39 is 9.39 Å². The molecule has 2 N–H and O–H groups in total. The molecule has 0 aliphatic heterocycles. The van der Waals surface area contributed by atoms with Crippen LogP contribution in [-0.2, 0) is 6.61 Å². The molecule has 0 amide bonds. The molecule has 5 heteroatoms. The van der Waals surface area contributed by atoms with Crippen LogP contribution in [0.4, 0.5) is 0 Å². The van der Waals surface area contributed by atoms with Crippen molar-refractivity contribution in [1.82, 2.24) is 0 Å². The molecule has 1 aromatic carbocycles. The highest BCUT2D eigenvalue weighted by atomic mass is 35.6. The van der Waals surface area contributed by atoms with Gasteiger partial charge in [-0.2, -0.15) is 0 Å². The van der Waals surface area contributed by atoms with E-state index in [4.69, 9.17) is 45.0 Å². The van der Waals surface area contributed by atoms with Gasteiger partial charge in [0, 0.05) is 0 Å². The summed E-state index contributed by atoms with van der Waals surface area (Å²) in [6.07, 6.45) is 0. The van der Waals surface area contributed by atoms with Gasteiger partial charge in [-0.1, -0.05) is 65.1 Å². The summed E-state index contributed by atoms with van der Waals surface area (Å²) in [5, 5.41) is 17.5. The standard InChI is InChI=1S/C7H8O.C4H7Cl3O/c8-6-7-4-2-1-3-5-7;1-3(2,8)4(5,6)7/h1-5,8H,6H2;8H,1-2H3. The van der Waals surface area contributed by atoms with Crippen LogP contribution >= 0.6 is 34.8 Å². The Morgan fingerprint density at radius 2 is 1.44 bits per heavy atom. The van der Waals surface area contributed by atoms with Crippen LogP contribution in [0, 0.1) is 0 Å². The summed E-state index contributed by atoms with van der Waals surface area (Å²) in [6.45, 7) is 3.00. The smallest absolute Gasteiger partial charge is 0.218 e. The van der Waals surface area contributed by atoms with Crippen molar-refractivity contribution in [2.24, 2.45) is 0 Å². The van der Waals surface area contributed by atoms with Gasteiger partial charge in [0.1, 0.15) is 5.60 Å². The Kier molecular flexibility index (Phi) is 6.68. The fourth-order valence-corrected chi connectivity index (χ4v) is 0.583. The summed E-state index contributed by atoms with van der Waals surface area (Å²) in [5.41, 5.74) is -0.301. The second kappa shape index (κ2) is 6.67. The van der Waals surface area contributed by atoms with Crippen LogP contribution in [0.25, 0.3) is 0 Å². The molecule has 0 fully saturated rings. The normalized spacial score (nSPS) is 11.7. The molecule has 92 valence electrons. The molecule has 1 rings (SSSR count). The average Bonchev–Trinajstić information content (AvgIpc) is 2.17. The van der Waals surface area contributed by atoms with Gasteiger partial charge in [0.15, 0.2) is 0 Å². The minimum atomic E-state index is -1.59. The van der Waals surface area contributed by atoms with Gasteiger partial charge in [0.25, 0.3) is 0 Å². The minimum Gasteiger partial charge on any atom is -0.392 e. The van der Waals surface area contributed by atoms with Gasteiger partial charge in [-0.05, 0) is 19.4 Å². The Morgan fingerprint density at radius 3 is 1.62 bits per heavy atom. The molecule has 0 radical (unpaired) electrons. The number of benzene rings is 1. The van der Waals surface area contributed by atoms with E-state index in [1.54, 1.807) is 0 Å². The van der Waals surface area contributed by atoms with Gasteiger partial charge in [-0.15, -0.1) is 0 Å². The van der Waals surface area contributed by atoms with Gasteiger partial charge in [-0.25, -0.2) is 0 Å². The number of aliphatic hydroxyl groups is 2. The molecule has 0 saturated heterocycles. The van der Waals surface area contributed by atoms with E-state index in [0.717, 1.165) is 5.56 Å². The van der Waals surface area contributed by atoms with Crippen LogP contribution in [0.15, 0.2) is 30.3 Å². The Labute approximate surface area is 111 Å². The lowest BCUT2D eigenvalue weighted by molar-refractivity contribution is 0.0847. The monoisotopic (exact) mass is 284 g/mol. The van der Waals surface area contributed by atoms with Crippen LogP contribution in [-0.4, -0.2) is 19.6 Å². The zero-order valence-electron chi connectivity index (χ0n) is 9.12. The Hall–Kier alpha value is 0.01000. The van der Waals surface area contributed by atoms with E-state index in [0.29, 0.717) is 0 Å². The predicted molar refractivity (Wildman–Crippen MR) is 69.0 cm³/mol. The highest BCUT2D eigenvalue weighted by molar-refractivity contribution is 6.68. The molecular weight excluding hydrogens is 270 g/mol. The second-order valence-electron chi connectivity index (χ2n) is 3.70. The Balaban J connectivity index is 0.000000281. The molecule has 1 aromatic rings. The van der Waals surface area contributed by atoms with Crippen molar-refractivity contribution in [3.8, 4) is 0 Å². The topological polar surface area (TPSA) is 40.5 Å². The zero-order valence-corrected chi connectivity index (χ0v) is 11.4.